The van der Waals surface area contributed by atoms with Crippen molar-refractivity contribution in [1.82, 2.24) is 4.98 Å². The predicted octanol–water partition coefficient (Wildman–Crippen LogP) is 2.67. The van der Waals surface area contributed by atoms with Gasteiger partial charge in [-0.15, -0.1) is 0 Å². The van der Waals surface area contributed by atoms with Gasteiger partial charge in [0.05, 0.1) is 15.7 Å². The third-order valence-electron chi connectivity index (χ3n) is 1.48. The highest BCUT2D eigenvalue weighted by Gasteiger charge is 1.99. The quantitative estimate of drug-likeness (QED) is 0.744. The lowest BCUT2D eigenvalue weighted by Crippen LogP contribution is -1.88. The molecule has 0 bridgehead atoms. The van der Waals surface area contributed by atoms with Crippen molar-refractivity contribution < 1.29 is 0 Å². The molecule has 0 unspecified atom stereocenters. The van der Waals surface area contributed by atoms with Gasteiger partial charge in [0.1, 0.15) is 0 Å². The summed E-state index contributed by atoms with van der Waals surface area (Å²) in [5.74, 6) is 0. The number of nitrogens with zero attached hydrogens (tertiary/aromatic N) is 1. The lowest BCUT2D eigenvalue weighted by atomic mass is 10.3. The minimum atomic E-state index is 0.853. The maximum atomic E-state index is 4.67. The van der Waals surface area contributed by atoms with Gasteiger partial charge >= 0.3 is 0 Å². The van der Waals surface area contributed by atoms with Crippen LogP contribution in [-0.2, 0) is 0 Å². The number of aromatic nitrogens is 1. The molecule has 1 heterocycles. The van der Waals surface area contributed by atoms with Crippen LogP contribution in [0.1, 0.15) is 0 Å². The van der Waals surface area contributed by atoms with E-state index in [2.05, 4.69) is 22.5 Å². The number of thiocarbonyl (C=S) groups is 1. The fraction of sp³-hybridized carbons (Fsp3) is 0. The van der Waals surface area contributed by atoms with Crippen LogP contribution in [0.3, 0.4) is 0 Å². The van der Waals surface area contributed by atoms with Crippen LogP contribution in [0, 0.1) is 0 Å². The Balaban J connectivity index is 2.54. The van der Waals surface area contributed by atoms with Gasteiger partial charge < -0.3 is 5.32 Å². The topological polar surface area (TPSA) is 24.9 Å². The first-order valence-corrected chi connectivity index (χ1v) is 4.75. The Bertz CT molecular complexity index is 375. The number of benzene rings is 1. The molecular formula is C8H6N2S2. The van der Waals surface area contributed by atoms with Crippen LogP contribution in [0.5, 0.6) is 0 Å². The third-order valence-corrected chi connectivity index (χ3v) is 2.56. The molecule has 1 aromatic carbocycles. The number of hydrogen-bond donors (Lipinski definition) is 1. The van der Waals surface area contributed by atoms with E-state index in [9.17, 15) is 0 Å². The molecule has 0 atom stereocenters. The molecule has 1 N–H and O–H groups in total. The Labute approximate surface area is 79.2 Å². The van der Waals surface area contributed by atoms with Crippen LogP contribution in [0.2, 0.25) is 0 Å². The molecule has 0 saturated carbocycles. The predicted molar refractivity (Wildman–Crippen MR) is 56.9 cm³/mol. The number of hydrogen-bond acceptors (Lipinski definition) is 3. The van der Waals surface area contributed by atoms with E-state index in [-0.39, 0.29) is 0 Å². The van der Waals surface area contributed by atoms with Gasteiger partial charge in [0.2, 0.25) is 0 Å². The molecule has 0 spiro atoms. The van der Waals surface area contributed by atoms with Crippen LogP contribution in [0.15, 0.2) is 24.3 Å². The van der Waals surface area contributed by atoms with Crippen LogP contribution in [0.25, 0.3) is 10.2 Å². The van der Waals surface area contributed by atoms with E-state index in [1.807, 2.05) is 24.3 Å². The summed E-state index contributed by atoms with van der Waals surface area (Å²) in [5, 5.41) is 3.75. The van der Waals surface area contributed by atoms with Crippen molar-refractivity contribution in [1.29, 1.82) is 0 Å². The largest absolute Gasteiger partial charge is 0.329 e. The molecule has 0 amide bonds. The Hall–Kier alpha value is -1.00. The van der Waals surface area contributed by atoms with E-state index < -0.39 is 0 Å². The first-order valence-electron chi connectivity index (χ1n) is 3.46. The summed E-state index contributed by atoms with van der Waals surface area (Å²) in [4.78, 5) is 4.31. The summed E-state index contributed by atoms with van der Waals surface area (Å²) in [5.41, 5.74) is 2.49. The van der Waals surface area contributed by atoms with Crippen molar-refractivity contribution in [2.24, 2.45) is 0 Å². The van der Waals surface area contributed by atoms with E-state index in [0.29, 0.717) is 0 Å². The van der Waals surface area contributed by atoms with Crippen LogP contribution in [-0.4, -0.2) is 10.5 Å². The zero-order chi connectivity index (χ0) is 8.39. The lowest BCUT2D eigenvalue weighted by molar-refractivity contribution is 1.49. The number of anilines is 1. The molecule has 2 nitrogen and oxygen atoms in total. The minimum Gasteiger partial charge on any atom is -0.329 e. The van der Waals surface area contributed by atoms with Crippen molar-refractivity contribution in [3.05, 3.63) is 24.3 Å². The number of nitrogens with one attached hydrogen (secondary N) is 1. The van der Waals surface area contributed by atoms with Gasteiger partial charge in [-0.1, -0.05) is 35.7 Å². The lowest BCUT2D eigenvalue weighted by Gasteiger charge is -1.85. The molecule has 2 aromatic rings. The number of thiazole rings is 1. The van der Waals surface area contributed by atoms with E-state index in [1.165, 1.54) is 10.2 Å². The zero-order valence-corrected chi connectivity index (χ0v) is 7.78. The number of rotatable bonds is 2. The Kier molecular flexibility index (Phi) is 2.01. The van der Waals surface area contributed by atoms with Crippen molar-refractivity contribution in [2.75, 3.05) is 5.32 Å². The minimum absolute atomic E-state index is 0.853. The summed E-state index contributed by atoms with van der Waals surface area (Å²) in [6.45, 7) is 0. The summed E-state index contributed by atoms with van der Waals surface area (Å²) in [7, 11) is 0. The SMILES string of the molecule is S=CNc1nc2ccccc2s1. The molecule has 0 saturated heterocycles. The molecule has 0 aliphatic heterocycles. The Morgan fingerprint density at radius 2 is 2.25 bits per heavy atom. The molecule has 0 aliphatic carbocycles. The van der Waals surface area contributed by atoms with Gasteiger partial charge in [-0.2, -0.15) is 0 Å². The van der Waals surface area contributed by atoms with Gasteiger partial charge in [-0.3, -0.25) is 0 Å². The highest BCUT2D eigenvalue weighted by molar-refractivity contribution is 7.79. The first-order chi connectivity index (χ1) is 5.90. The number of para-hydroxylation sites is 1. The Morgan fingerprint density at radius 3 is 3.00 bits per heavy atom. The standard InChI is InChI=1S/C8H6N2S2/c11-5-9-8-10-6-3-1-2-4-7(6)12-8/h1-5H,(H,9,10,11). The van der Waals surface area contributed by atoms with E-state index in [0.717, 1.165) is 10.6 Å². The van der Waals surface area contributed by atoms with Gasteiger partial charge in [0.25, 0.3) is 0 Å². The van der Waals surface area contributed by atoms with E-state index >= 15 is 0 Å². The van der Waals surface area contributed by atoms with E-state index in [4.69, 9.17) is 0 Å². The summed E-state index contributed by atoms with van der Waals surface area (Å²) in [6, 6.07) is 8.01. The first kappa shape index (κ1) is 7.64. The molecule has 1 aromatic heterocycles. The second-order valence-electron chi connectivity index (χ2n) is 2.25. The second-order valence-corrected chi connectivity index (χ2v) is 3.52. The Morgan fingerprint density at radius 1 is 1.42 bits per heavy atom. The van der Waals surface area contributed by atoms with Crippen LogP contribution >= 0.6 is 23.6 Å². The summed E-state index contributed by atoms with van der Waals surface area (Å²) < 4.78 is 1.18. The normalized spacial score (nSPS) is 10.0. The average Bonchev–Trinajstić information content (AvgIpc) is 2.47. The average molecular weight is 194 g/mol. The van der Waals surface area contributed by atoms with Gasteiger partial charge in [-0.25, -0.2) is 4.98 Å². The maximum Gasteiger partial charge on any atom is 0.188 e. The second kappa shape index (κ2) is 3.16. The summed E-state index contributed by atoms with van der Waals surface area (Å²) >= 11 is 6.27. The summed E-state index contributed by atoms with van der Waals surface area (Å²) in [6.07, 6.45) is 0. The molecule has 0 radical (unpaired) electrons. The fourth-order valence-corrected chi connectivity index (χ4v) is 2.01. The molecule has 2 rings (SSSR count). The van der Waals surface area contributed by atoms with Crippen LogP contribution in [0.4, 0.5) is 5.13 Å². The molecule has 4 heteroatoms. The van der Waals surface area contributed by atoms with Crippen molar-refractivity contribution >= 4 is 44.4 Å². The van der Waals surface area contributed by atoms with Crippen molar-refractivity contribution in [3.8, 4) is 0 Å². The highest BCUT2D eigenvalue weighted by atomic mass is 32.1. The monoisotopic (exact) mass is 194 g/mol. The van der Waals surface area contributed by atoms with Crippen molar-refractivity contribution in [2.45, 2.75) is 0 Å². The molecular weight excluding hydrogens is 188 g/mol. The van der Waals surface area contributed by atoms with Crippen LogP contribution < -0.4 is 5.32 Å². The fourth-order valence-electron chi connectivity index (χ4n) is 0.984. The maximum absolute atomic E-state index is 4.67. The zero-order valence-electron chi connectivity index (χ0n) is 6.15. The molecule has 60 valence electrons. The van der Waals surface area contributed by atoms with Gasteiger partial charge in [-0.05, 0) is 12.1 Å². The molecule has 0 aliphatic rings. The van der Waals surface area contributed by atoms with Gasteiger partial charge in [0.15, 0.2) is 5.13 Å². The number of fused-ring (bicyclic) bond motifs is 1. The molecule has 12 heavy (non-hydrogen) atoms. The highest BCUT2D eigenvalue weighted by Crippen LogP contribution is 2.24. The third kappa shape index (κ3) is 1.31. The van der Waals surface area contributed by atoms with E-state index in [1.54, 1.807) is 11.3 Å². The van der Waals surface area contributed by atoms with Crippen molar-refractivity contribution in [3.63, 3.8) is 0 Å². The van der Waals surface area contributed by atoms with Gasteiger partial charge in [0, 0.05) is 0 Å². The smallest absolute Gasteiger partial charge is 0.188 e. The molecule has 0 fully saturated rings.